The van der Waals surface area contributed by atoms with Gasteiger partial charge in [-0.15, -0.1) is 0 Å². The molecule has 1 fully saturated rings. The van der Waals surface area contributed by atoms with E-state index in [1.807, 2.05) is 0 Å². The Morgan fingerprint density at radius 1 is 1.70 bits per heavy atom. The maximum Gasteiger partial charge on any atom is 0.0491 e. The molecule has 1 heterocycles. The summed E-state index contributed by atoms with van der Waals surface area (Å²) in [6, 6.07) is 0. The molecule has 60 valence electrons. The Morgan fingerprint density at radius 2 is 2.50 bits per heavy atom. The topological polar surface area (TPSA) is 3.24 Å². The van der Waals surface area contributed by atoms with Crippen molar-refractivity contribution in [3.8, 4) is 0 Å². The minimum absolute atomic E-state index is 0.244. The Morgan fingerprint density at radius 3 is 3.10 bits per heavy atom. The standard InChI is InChI=1S/C7H14FNS/c1-2-9-5-3-4-7(6-9)10-8/h7H,2-6H2,1H3. The zero-order chi connectivity index (χ0) is 7.40. The molecule has 1 aliphatic heterocycles. The van der Waals surface area contributed by atoms with Crippen LogP contribution in [0.1, 0.15) is 19.8 Å². The Hall–Kier alpha value is 0.240. The highest BCUT2D eigenvalue weighted by molar-refractivity contribution is 7.94. The number of piperidine rings is 1. The van der Waals surface area contributed by atoms with E-state index >= 15 is 0 Å². The van der Waals surface area contributed by atoms with Gasteiger partial charge in [0, 0.05) is 23.9 Å². The third kappa shape index (κ3) is 2.13. The first-order chi connectivity index (χ1) is 4.86. The lowest BCUT2D eigenvalue weighted by atomic mass is 10.1. The molecule has 0 amide bonds. The average Bonchev–Trinajstić information content (AvgIpc) is 2.05. The maximum absolute atomic E-state index is 12.1. The number of rotatable bonds is 2. The highest BCUT2D eigenvalue weighted by Crippen LogP contribution is 2.22. The van der Waals surface area contributed by atoms with Crippen molar-refractivity contribution in [1.82, 2.24) is 4.90 Å². The largest absolute Gasteiger partial charge is 0.302 e. The Bertz CT molecular complexity index is 89.6. The Labute approximate surface area is 66.3 Å². The van der Waals surface area contributed by atoms with Crippen LogP contribution in [0.25, 0.3) is 0 Å². The van der Waals surface area contributed by atoms with E-state index in [0.29, 0.717) is 12.1 Å². The van der Waals surface area contributed by atoms with Crippen LogP contribution in [0.5, 0.6) is 0 Å². The first-order valence-corrected chi connectivity index (χ1v) is 4.64. The van der Waals surface area contributed by atoms with Gasteiger partial charge in [-0.3, -0.25) is 0 Å². The van der Waals surface area contributed by atoms with Gasteiger partial charge in [0.05, 0.1) is 0 Å². The lowest BCUT2D eigenvalue weighted by molar-refractivity contribution is 0.245. The molecule has 0 saturated carbocycles. The van der Waals surface area contributed by atoms with Crippen LogP contribution in [0.2, 0.25) is 0 Å². The number of halogens is 1. The van der Waals surface area contributed by atoms with Crippen LogP contribution in [-0.2, 0) is 0 Å². The van der Waals surface area contributed by atoms with E-state index < -0.39 is 0 Å². The van der Waals surface area contributed by atoms with Gasteiger partial charge < -0.3 is 4.90 Å². The van der Waals surface area contributed by atoms with E-state index in [4.69, 9.17) is 0 Å². The molecule has 1 atom stereocenters. The van der Waals surface area contributed by atoms with Crippen molar-refractivity contribution in [2.45, 2.75) is 25.0 Å². The van der Waals surface area contributed by atoms with Gasteiger partial charge in [-0.05, 0) is 25.9 Å². The van der Waals surface area contributed by atoms with Crippen molar-refractivity contribution >= 4 is 12.1 Å². The van der Waals surface area contributed by atoms with Gasteiger partial charge in [0.25, 0.3) is 0 Å². The van der Waals surface area contributed by atoms with E-state index in [9.17, 15) is 3.89 Å². The van der Waals surface area contributed by atoms with E-state index in [0.717, 1.165) is 32.5 Å². The first kappa shape index (κ1) is 8.34. The molecule has 0 bridgehead atoms. The summed E-state index contributed by atoms with van der Waals surface area (Å²) in [7, 11) is 0. The summed E-state index contributed by atoms with van der Waals surface area (Å²) in [5.41, 5.74) is 0. The van der Waals surface area contributed by atoms with Gasteiger partial charge in [0.1, 0.15) is 0 Å². The molecule has 3 heteroatoms. The van der Waals surface area contributed by atoms with E-state index in [-0.39, 0.29) is 5.25 Å². The van der Waals surface area contributed by atoms with Crippen molar-refractivity contribution in [3.63, 3.8) is 0 Å². The fourth-order valence-corrected chi connectivity index (χ4v) is 1.90. The first-order valence-electron chi connectivity index (χ1n) is 3.86. The fourth-order valence-electron chi connectivity index (χ4n) is 1.37. The fraction of sp³-hybridized carbons (Fsp3) is 1.00. The van der Waals surface area contributed by atoms with E-state index in [1.165, 1.54) is 0 Å². The molecule has 0 aromatic rings. The molecule has 0 aromatic heterocycles. The van der Waals surface area contributed by atoms with Crippen LogP contribution in [0.15, 0.2) is 0 Å². The summed E-state index contributed by atoms with van der Waals surface area (Å²) >= 11 is 0.523. The van der Waals surface area contributed by atoms with Crippen LogP contribution in [0.3, 0.4) is 0 Å². The highest BCUT2D eigenvalue weighted by atomic mass is 32.2. The Balaban J connectivity index is 2.25. The second-order valence-corrected chi connectivity index (χ2v) is 3.59. The highest BCUT2D eigenvalue weighted by Gasteiger charge is 2.18. The lowest BCUT2D eigenvalue weighted by Crippen LogP contribution is -2.36. The molecule has 0 aliphatic carbocycles. The van der Waals surface area contributed by atoms with Crippen LogP contribution < -0.4 is 0 Å². The average molecular weight is 163 g/mol. The molecule has 0 N–H and O–H groups in total. The van der Waals surface area contributed by atoms with Crippen LogP contribution >= 0.6 is 12.1 Å². The predicted molar refractivity (Wildman–Crippen MR) is 43.8 cm³/mol. The minimum Gasteiger partial charge on any atom is -0.302 e. The third-order valence-corrected chi connectivity index (χ3v) is 2.67. The molecular weight excluding hydrogens is 149 g/mol. The minimum atomic E-state index is 0.244. The lowest BCUT2D eigenvalue weighted by Gasteiger charge is -2.29. The van der Waals surface area contributed by atoms with Crippen molar-refractivity contribution in [2.75, 3.05) is 19.6 Å². The number of nitrogens with zero attached hydrogens (tertiary/aromatic N) is 1. The van der Waals surface area contributed by atoms with Gasteiger partial charge in [-0.25, -0.2) is 0 Å². The Kier molecular flexibility index (Phi) is 3.49. The molecule has 1 nitrogen and oxygen atoms in total. The predicted octanol–water partition coefficient (Wildman–Crippen LogP) is 2.09. The molecular formula is C7H14FNS. The van der Waals surface area contributed by atoms with Crippen LogP contribution in [0, 0.1) is 0 Å². The number of likely N-dealkylation sites (tertiary alicyclic amines) is 1. The van der Waals surface area contributed by atoms with E-state index in [1.54, 1.807) is 0 Å². The SMILES string of the molecule is CCN1CCCC(SF)C1. The summed E-state index contributed by atoms with van der Waals surface area (Å²) in [5.74, 6) is 0. The summed E-state index contributed by atoms with van der Waals surface area (Å²) < 4.78 is 12.1. The van der Waals surface area contributed by atoms with E-state index in [2.05, 4.69) is 11.8 Å². The summed E-state index contributed by atoms with van der Waals surface area (Å²) in [6.07, 6.45) is 2.22. The number of hydrogen-bond donors (Lipinski definition) is 0. The van der Waals surface area contributed by atoms with Crippen molar-refractivity contribution < 1.29 is 3.89 Å². The van der Waals surface area contributed by atoms with Gasteiger partial charge >= 0.3 is 0 Å². The van der Waals surface area contributed by atoms with Gasteiger partial charge in [0.15, 0.2) is 0 Å². The molecule has 1 unspecified atom stereocenters. The van der Waals surface area contributed by atoms with Gasteiger partial charge in [-0.1, -0.05) is 6.92 Å². The molecule has 1 saturated heterocycles. The van der Waals surface area contributed by atoms with Gasteiger partial charge in [-0.2, -0.15) is 3.89 Å². The molecule has 1 rings (SSSR count). The molecule has 1 aliphatic rings. The van der Waals surface area contributed by atoms with Gasteiger partial charge in [0.2, 0.25) is 0 Å². The normalized spacial score (nSPS) is 28.8. The molecule has 10 heavy (non-hydrogen) atoms. The second kappa shape index (κ2) is 4.19. The van der Waals surface area contributed by atoms with Crippen LogP contribution in [0.4, 0.5) is 3.89 Å². The second-order valence-electron chi connectivity index (χ2n) is 2.75. The molecule has 0 spiro atoms. The third-order valence-electron chi connectivity index (χ3n) is 2.04. The van der Waals surface area contributed by atoms with Crippen molar-refractivity contribution in [1.29, 1.82) is 0 Å². The molecule has 0 radical (unpaired) electrons. The summed E-state index contributed by atoms with van der Waals surface area (Å²) in [4.78, 5) is 2.31. The molecule has 0 aromatic carbocycles. The smallest absolute Gasteiger partial charge is 0.0491 e. The zero-order valence-corrected chi connectivity index (χ0v) is 7.16. The zero-order valence-electron chi connectivity index (χ0n) is 6.35. The van der Waals surface area contributed by atoms with Crippen molar-refractivity contribution in [3.05, 3.63) is 0 Å². The van der Waals surface area contributed by atoms with Crippen molar-refractivity contribution in [2.24, 2.45) is 0 Å². The summed E-state index contributed by atoms with van der Waals surface area (Å²) in [5, 5.41) is 0.244. The number of hydrogen-bond acceptors (Lipinski definition) is 2. The maximum atomic E-state index is 12.1. The summed E-state index contributed by atoms with van der Waals surface area (Å²) in [6.45, 7) is 5.30. The quantitative estimate of drug-likeness (QED) is 0.613. The monoisotopic (exact) mass is 163 g/mol. The van der Waals surface area contributed by atoms with Crippen LogP contribution in [-0.4, -0.2) is 29.8 Å².